The maximum absolute atomic E-state index is 13.3. The molecule has 1 fully saturated rings. The Hall–Kier alpha value is -1.82. The number of piperazine rings is 1. The van der Waals surface area contributed by atoms with Gasteiger partial charge in [0.1, 0.15) is 11.4 Å². The summed E-state index contributed by atoms with van der Waals surface area (Å²) in [5, 5.41) is 0. The van der Waals surface area contributed by atoms with Gasteiger partial charge in [-0.25, -0.2) is 9.18 Å². The quantitative estimate of drug-likeness (QED) is 0.853. The number of carbonyl (C=O) groups excluding carboxylic acids is 1. The van der Waals surface area contributed by atoms with Crippen LogP contribution in [0, 0.1) is 5.82 Å². The van der Waals surface area contributed by atoms with Crippen molar-refractivity contribution in [2.24, 2.45) is 0 Å². The minimum absolute atomic E-state index is 0.280. The molecule has 2 rings (SSSR count). The SMILES string of the molecule is CC(C)(C)OC(=O)N1CCN(Cc2cc(F)ccc2N)CC1. The van der Waals surface area contributed by atoms with Crippen molar-refractivity contribution >= 4 is 11.8 Å². The first kappa shape index (κ1) is 16.5. The molecule has 0 aliphatic carbocycles. The third-order valence-electron chi connectivity index (χ3n) is 3.52. The smallest absolute Gasteiger partial charge is 0.410 e. The predicted octanol–water partition coefficient (Wildman–Crippen LogP) is 2.46. The fraction of sp³-hybridized carbons (Fsp3) is 0.562. The fourth-order valence-corrected chi connectivity index (χ4v) is 2.37. The highest BCUT2D eigenvalue weighted by Crippen LogP contribution is 2.17. The Morgan fingerprint density at radius 3 is 2.50 bits per heavy atom. The molecule has 0 bridgehead atoms. The fourth-order valence-electron chi connectivity index (χ4n) is 2.37. The number of amides is 1. The average Bonchev–Trinajstić information content (AvgIpc) is 2.42. The molecule has 1 aromatic carbocycles. The second-order valence-corrected chi connectivity index (χ2v) is 6.59. The maximum atomic E-state index is 13.3. The zero-order valence-corrected chi connectivity index (χ0v) is 13.4. The molecule has 1 aromatic rings. The van der Waals surface area contributed by atoms with Gasteiger partial charge in [0.2, 0.25) is 0 Å². The Labute approximate surface area is 130 Å². The minimum Gasteiger partial charge on any atom is -0.444 e. The number of nitrogen functional groups attached to an aromatic ring is 1. The number of nitrogens with zero attached hydrogens (tertiary/aromatic N) is 2. The molecule has 0 atom stereocenters. The van der Waals surface area contributed by atoms with Gasteiger partial charge in [0.25, 0.3) is 0 Å². The van der Waals surface area contributed by atoms with Gasteiger partial charge in [-0.05, 0) is 44.5 Å². The van der Waals surface area contributed by atoms with Crippen LogP contribution in [0.5, 0.6) is 0 Å². The van der Waals surface area contributed by atoms with Crippen LogP contribution in [0.1, 0.15) is 26.3 Å². The van der Waals surface area contributed by atoms with Crippen molar-refractivity contribution in [2.75, 3.05) is 31.9 Å². The molecule has 1 aliphatic rings. The molecule has 0 radical (unpaired) electrons. The molecule has 122 valence electrons. The summed E-state index contributed by atoms with van der Waals surface area (Å²) in [6.45, 7) is 8.79. The van der Waals surface area contributed by atoms with Crippen LogP contribution >= 0.6 is 0 Å². The molecular formula is C16H24FN3O2. The molecule has 0 aromatic heterocycles. The van der Waals surface area contributed by atoms with Crippen LogP contribution in [0.2, 0.25) is 0 Å². The molecule has 1 heterocycles. The molecule has 5 nitrogen and oxygen atoms in total. The highest BCUT2D eigenvalue weighted by atomic mass is 19.1. The number of benzene rings is 1. The third kappa shape index (κ3) is 4.59. The second kappa shape index (κ2) is 6.52. The summed E-state index contributed by atoms with van der Waals surface area (Å²) in [6, 6.07) is 4.41. The van der Waals surface area contributed by atoms with Crippen molar-refractivity contribution in [3.05, 3.63) is 29.6 Å². The number of anilines is 1. The first-order chi connectivity index (χ1) is 10.2. The topological polar surface area (TPSA) is 58.8 Å². The van der Waals surface area contributed by atoms with E-state index in [2.05, 4.69) is 4.90 Å². The summed E-state index contributed by atoms with van der Waals surface area (Å²) in [7, 11) is 0. The summed E-state index contributed by atoms with van der Waals surface area (Å²) in [5.74, 6) is -0.281. The normalized spacial score (nSPS) is 16.6. The largest absolute Gasteiger partial charge is 0.444 e. The van der Waals surface area contributed by atoms with E-state index < -0.39 is 5.60 Å². The van der Waals surface area contributed by atoms with Gasteiger partial charge in [0.05, 0.1) is 0 Å². The van der Waals surface area contributed by atoms with Gasteiger partial charge in [-0.3, -0.25) is 4.90 Å². The standard InChI is InChI=1S/C16H24FN3O2/c1-16(2,3)22-15(21)20-8-6-19(7-9-20)11-12-10-13(17)4-5-14(12)18/h4-5,10H,6-9,11,18H2,1-3H3. The van der Waals surface area contributed by atoms with E-state index in [-0.39, 0.29) is 11.9 Å². The van der Waals surface area contributed by atoms with Gasteiger partial charge in [0, 0.05) is 38.4 Å². The van der Waals surface area contributed by atoms with Crippen LogP contribution in [-0.4, -0.2) is 47.7 Å². The molecule has 1 saturated heterocycles. The van der Waals surface area contributed by atoms with Crippen LogP contribution < -0.4 is 5.73 Å². The summed E-state index contributed by atoms with van der Waals surface area (Å²) in [6.07, 6.45) is -0.280. The number of halogens is 1. The Balaban J connectivity index is 1.87. The Bertz CT molecular complexity index is 535. The van der Waals surface area contributed by atoms with Crippen LogP contribution in [-0.2, 0) is 11.3 Å². The van der Waals surface area contributed by atoms with Crippen molar-refractivity contribution in [2.45, 2.75) is 32.9 Å². The number of ether oxygens (including phenoxy) is 1. The predicted molar refractivity (Wildman–Crippen MR) is 83.9 cm³/mol. The number of rotatable bonds is 2. The molecule has 0 spiro atoms. The summed E-state index contributed by atoms with van der Waals surface area (Å²) in [4.78, 5) is 15.9. The lowest BCUT2D eigenvalue weighted by Gasteiger charge is -2.35. The van der Waals surface area contributed by atoms with E-state index in [1.807, 2.05) is 20.8 Å². The zero-order valence-electron chi connectivity index (χ0n) is 13.4. The lowest BCUT2D eigenvalue weighted by molar-refractivity contribution is 0.0139. The summed E-state index contributed by atoms with van der Waals surface area (Å²) >= 11 is 0. The van der Waals surface area contributed by atoms with E-state index in [4.69, 9.17) is 10.5 Å². The average molecular weight is 309 g/mol. The van der Waals surface area contributed by atoms with Gasteiger partial charge < -0.3 is 15.4 Å². The molecule has 22 heavy (non-hydrogen) atoms. The van der Waals surface area contributed by atoms with E-state index in [9.17, 15) is 9.18 Å². The highest BCUT2D eigenvalue weighted by Gasteiger charge is 2.25. The Morgan fingerprint density at radius 1 is 1.27 bits per heavy atom. The lowest BCUT2D eigenvalue weighted by atomic mass is 10.1. The Kier molecular flexibility index (Phi) is 4.90. The van der Waals surface area contributed by atoms with Crippen LogP contribution in [0.3, 0.4) is 0 Å². The van der Waals surface area contributed by atoms with Crippen molar-refractivity contribution in [1.29, 1.82) is 0 Å². The van der Waals surface area contributed by atoms with E-state index in [1.165, 1.54) is 12.1 Å². The van der Waals surface area contributed by atoms with Gasteiger partial charge in [-0.15, -0.1) is 0 Å². The molecule has 0 saturated carbocycles. The van der Waals surface area contributed by atoms with Crippen molar-refractivity contribution in [1.82, 2.24) is 9.80 Å². The molecule has 1 aliphatic heterocycles. The van der Waals surface area contributed by atoms with Gasteiger partial charge in [0.15, 0.2) is 0 Å². The van der Waals surface area contributed by atoms with E-state index in [1.54, 1.807) is 11.0 Å². The second-order valence-electron chi connectivity index (χ2n) is 6.59. The lowest BCUT2D eigenvalue weighted by Crippen LogP contribution is -2.49. The van der Waals surface area contributed by atoms with Crippen molar-refractivity contribution in [3.63, 3.8) is 0 Å². The highest BCUT2D eigenvalue weighted by molar-refractivity contribution is 5.68. The van der Waals surface area contributed by atoms with E-state index in [0.717, 1.165) is 18.7 Å². The third-order valence-corrected chi connectivity index (χ3v) is 3.52. The monoisotopic (exact) mass is 309 g/mol. The van der Waals surface area contributed by atoms with Crippen LogP contribution in [0.4, 0.5) is 14.9 Å². The molecule has 2 N–H and O–H groups in total. The first-order valence-electron chi connectivity index (χ1n) is 7.49. The number of hydrogen-bond acceptors (Lipinski definition) is 4. The maximum Gasteiger partial charge on any atom is 0.410 e. The van der Waals surface area contributed by atoms with Crippen molar-refractivity contribution in [3.8, 4) is 0 Å². The van der Waals surface area contributed by atoms with Crippen LogP contribution in [0.25, 0.3) is 0 Å². The zero-order chi connectivity index (χ0) is 16.3. The van der Waals surface area contributed by atoms with Gasteiger partial charge in [-0.1, -0.05) is 0 Å². The van der Waals surface area contributed by atoms with Crippen LogP contribution in [0.15, 0.2) is 18.2 Å². The number of hydrogen-bond donors (Lipinski definition) is 1. The molecule has 1 amide bonds. The molecule has 0 unspecified atom stereocenters. The first-order valence-corrected chi connectivity index (χ1v) is 7.49. The Morgan fingerprint density at radius 2 is 1.91 bits per heavy atom. The number of nitrogens with two attached hydrogens (primary N) is 1. The van der Waals surface area contributed by atoms with E-state index >= 15 is 0 Å². The molecule has 6 heteroatoms. The number of carbonyl (C=O) groups is 1. The van der Waals surface area contributed by atoms with Crippen molar-refractivity contribution < 1.29 is 13.9 Å². The van der Waals surface area contributed by atoms with Gasteiger partial charge >= 0.3 is 6.09 Å². The summed E-state index contributed by atoms with van der Waals surface area (Å²) in [5.41, 5.74) is 6.77. The van der Waals surface area contributed by atoms with Gasteiger partial charge in [-0.2, -0.15) is 0 Å². The minimum atomic E-state index is -0.482. The molecular weight excluding hydrogens is 285 g/mol. The summed E-state index contributed by atoms with van der Waals surface area (Å²) < 4.78 is 18.6. The van der Waals surface area contributed by atoms with E-state index in [0.29, 0.717) is 25.3 Å².